The van der Waals surface area contributed by atoms with Gasteiger partial charge >= 0.3 is 11.9 Å². The Morgan fingerprint density at radius 3 is 1.94 bits per heavy atom. The minimum absolute atomic E-state index is 0.0208. The van der Waals surface area contributed by atoms with E-state index in [1.54, 1.807) is 0 Å². The molecule has 0 amide bonds. The number of carbonyl (C=O) groups excluding carboxylic acids is 1. The van der Waals surface area contributed by atoms with E-state index in [1.807, 2.05) is 27.7 Å². The summed E-state index contributed by atoms with van der Waals surface area (Å²) in [6.45, 7) is 7.02. The van der Waals surface area contributed by atoms with Crippen molar-refractivity contribution in [1.82, 2.24) is 0 Å². The molecule has 0 aromatic rings. The molecular formula is C23H42O11. The minimum Gasteiger partial charge on any atom is -0.481 e. The molecular weight excluding hydrogens is 452 g/mol. The van der Waals surface area contributed by atoms with Crippen molar-refractivity contribution >= 4 is 11.9 Å². The highest BCUT2D eigenvalue weighted by molar-refractivity contribution is 5.70. The second kappa shape index (κ2) is 14.9. The number of aliphatic carboxylic acids is 1. The lowest BCUT2D eigenvalue weighted by molar-refractivity contribution is -0.208. The number of carboxylic acids is 1. The van der Waals surface area contributed by atoms with Crippen LogP contribution in [0.15, 0.2) is 0 Å². The topological polar surface area (TPSA) is 183 Å². The van der Waals surface area contributed by atoms with Gasteiger partial charge in [0.1, 0.15) is 24.4 Å². The van der Waals surface area contributed by atoms with E-state index in [2.05, 4.69) is 0 Å². The van der Waals surface area contributed by atoms with Crippen LogP contribution in [-0.4, -0.2) is 98.2 Å². The van der Waals surface area contributed by atoms with Crippen LogP contribution in [0.1, 0.15) is 66.2 Å². The highest BCUT2D eigenvalue weighted by atomic mass is 16.7. The van der Waals surface area contributed by atoms with E-state index in [1.165, 1.54) is 0 Å². The minimum atomic E-state index is -1.36. The van der Waals surface area contributed by atoms with Crippen molar-refractivity contribution in [3.8, 4) is 0 Å². The van der Waals surface area contributed by atoms with Crippen molar-refractivity contribution in [2.45, 2.75) is 115 Å². The maximum atomic E-state index is 12.5. The molecule has 1 aliphatic rings. The second-order valence-corrected chi connectivity index (χ2v) is 9.26. The van der Waals surface area contributed by atoms with E-state index in [0.29, 0.717) is 12.8 Å². The summed E-state index contributed by atoms with van der Waals surface area (Å²) in [5, 5.41) is 58.6. The fourth-order valence-corrected chi connectivity index (χ4v) is 3.81. The van der Waals surface area contributed by atoms with Crippen molar-refractivity contribution in [2.75, 3.05) is 6.61 Å². The maximum absolute atomic E-state index is 12.5. The molecule has 1 rings (SSSR count). The van der Waals surface area contributed by atoms with Crippen LogP contribution in [0.2, 0.25) is 0 Å². The van der Waals surface area contributed by atoms with Crippen LogP contribution in [0.5, 0.6) is 0 Å². The molecule has 0 radical (unpaired) electrons. The monoisotopic (exact) mass is 494 g/mol. The quantitative estimate of drug-likeness (QED) is 0.161. The summed E-state index contributed by atoms with van der Waals surface area (Å²) < 4.78 is 16.7. The average molecular weight is 495 g/mol. The Morgan fingerprint density at radius 2 is 1.44 bits per heavy atom. The predicted molar refractivity (Wildman–Crippen MR) is 120 cm³/mol. The number of esters is 1. The third kappa shape index (κ3) is 9.73. The van der Waals surface area contributed by atoms with Crippen molar-refractivity contribution in [2.24, 2.45) is 11.8 Å². The third-order valence-corrected chi connectivity index (χ3v) is 6.47. The van der Waals surface area contributed by atoms with E-state index >= 15 is 0 Å². The number of carbonyl (C=O) groups is 2. The van der Waals surface area contributed by atoms with Crippen molar-refractivity contribution in [3.05, 3.63) is 0 Å². The van der Waals surface area contributed by atoms with Gasteiger partial charge in [-0.25, -0.2) is 0 Å². The zero-order chi connectivity index (χ0) is 26.0. The number of aliphatic hydroxyl groups excluding tert-OH is 5. The lowest BCUT2D eigenvalue weighted by Gasteiger charge is -2.30. The van der Waals surface area contributed by atoms with Crippen molar-refractivity contribution < 1.29 is 54.4 Å². The molecule has 1 aliphatic heterocycles. The van der Waals surface area contributed by atoms with Crippen LogP contribution in [0, 0.1) is 11.8 Å². The summed E-state index contributed by atoms with van der Waals surface area (Å²) in [5.74, 6) is -2.03. The highest BCUT2D eigenvalue weighted by Gasteiger charge is 2.44. The molecule has 0 aromatic carbocycles. The van der Waals surface area contributed by atoms with Gasteiger partial charge in [-0.2, -0.15) is 0 Å². The van der Waals surface area contributed by atoms with Gasteiger partial charge < -0.3 is 44.8 Å². The first-order valence-electron chi connectivity index (χ1n) is 12.0. The normalized spacial score (nSPS) is 28.0. The predicted octanol–water partition coefficient (Wildman–Crippen LogP) is 0.181. The summed E-state index contributed by atoms with van der Waals surface area (Å²) in [7, 11) is 0. The van der Waals surface area contributed by atoms with Gasteiger partial charge in [-0.1, -0.05) is 40.5 Å². The molecule has 0 unspecified atom stereocenters. The van der Waals surface area contributed by atoms with Gasteiger partial charge in [0.2, 0.25) is 0 Å². The summed E-state index contributed by atoms with van der Waals surface area (Å²) in [6, 6.07) is 0. The highest BCUT2D eigenvalue weighted by Crippen LogP contribution is 2.28. The Morgan fingerprint density at radius 1 is 0.912 bits per heavy atom. The zero-order valence-electron chi connectivity index (χ0n) is 20.4. The number of hydrogen-bond acceptors (Lipinski definition) is 10. The van der Waals surface area contributed by atoms with Gasteiger partial charge in [0.25, 0.3) is 0 Å². The molecule has 11 nitrogen and oxygen atoms in total. The average Bonchev–Trinajstić information content (AvgIpc) is 3.04. The van der Waals surface area contributed by atoms with E-state index in [4.69, 9.17) is 19.3 Å². The van der Waals surface area contributed by atoms with Crippen LogP contribution in [0.25, 0.3) is 0 Å². The van der Waals surface area contributed by atoms with E-state index in [0.717, 1.165) is 0 Å². The fraction of sp³-hybridized carbons (Fsp3) is 0.913. The van der Waals surface area contributed by atoms with Gasteiger partial charge in [0.15, 0.2) is 6.29 Å². The Bertz CT molecular complexity index is 616. The molecule has 0 aliphatic carbocycles. The molecule has 1 fully saturated rings. The van der Waals surface area contributed by atoms with Gasteiger partial charge in [-0.15, -0.1) is 0 Å². The summed E-state index contributed by atoms with van der Waals surface area (Å²) in [4.78, 5) is 23.3. The van der Waals surface area contributed by atoms with E-state index < -0.39 is 74.0 Å². The van der Waals surface area contributed by atoms with E-state index in [-0.39, 0.29) is 31.1 Å². The first-order valence-corrected chi connectivity index (χ1v) is 12.0. The van der Waals surface area contributed by atoms with Crippen molar-refractivity contribution in [3.63, 3.8) is 0 Å². The SMILES string of the molecule is CC[C@H](C)[C@H](C[C@H](O)CC(=O)O)OC(=O)C[C@H](O)C[C@H](O[C@@H]1O[C@H](CO)[C@H](O)[C@H]1O)[C@@H](C)CC. The summed E-state index contributed by atoms with van der Waals surface area (Å²) in [6.07, 6.45) is -7.89. The maximum Gasteiger partial charge on any atom is 0.308 e. The smallest absolute Gasteiger partial charge is 0.308 e. The molecule has 0 saturated carbocycles. The first kappa shape index (κ1) is 30.7. The molecule has 0 aromatic heterocycles. The van der Waals surface area contributed by atoms with Gasteiger partial charge in [0, 0.05) is 12.8 Å². The number of hydrogen-bond donors (Lipinski definition) is 6. The fourth-order valence-electron chi connectivity index (χ4n) is 3.81. The number of carboxylic acid groups (broad SMARTS) is 1. The largest absolute Gasteiger partial charge is 0.481 e. The Labute approximate surface area is 200 Å². The van der Waals surface area contributed by atoms with Crippen LogP contribution in [-0.2, 0) is 23.8 Å². The third-order valence-electron chi connectivity index (χ3n) is 6.47. The second-order valence-electron chi connectivity index (χ2n) is 9.26. The first-order chi connectivity index (χ1) is 15.9. The molecule has 1 heterocycles. The Kier molecular flexibility index (Phi) is 13.5. The van der Waals surface area contributed by atoms with E-state index in [9.17, 15) is 35.1 Å². The summed E-state index contributed by atoms with van der Waals surface area (Å²) >= 11 is 0. The van der Waals surface area contributed by atoms with Crippen LogP contribution < -0.4 is 0 Å². The van der Waals surface area contributed by atoms with Crippen LogP contribution in [0.3, 0.4) is 0 Å². The Hall–Kier alpha value is -1.34. The molecule has 6 N–H and O–H groups in total. The lowest BCUT2D eigenvalue weighted by Crippen LogP contribution is -2.39. The molecule has 0 spiro atoms. The number of rotatable bonds is 16. The molecule has 11 heteroatoms. The molecule has 200 valence electrons. The van der Waals surface area contributed by atoms with Crippen LogP contribution in [0.4, 0.5) is 0 Å². The van der Waals surface area contributed by atoms with Crippen LogP contribution >= 0.6 is 0 Å². The standard InChI is InChI=1S/C23H42O11/c1-5-12(3)16(7-14(25)9-19(27)28)32-20(29)10-15(26)8-17(13(4)6-2)33-23-22(31)21(30)18(11-24)34-23/h12-18,21-26,30-31H,5-11H2,1-4H3,(H,27,28)/t12-,13-,14-,15+,16-,17-,18+,21-,22+,23+/m0/s1. The zero-order valence-corrected chi connectivity index (χ0v) is 20.4. The van der Waals surface area contributed by atoms with Crippen molar-refractivity contribution in [1.29, 1.82) is 0 Å². The number of aliphatic hydroxyl groups is 5. The molecule has 0 bridgehead atoms. The van der Waals surface area contributed by atoms with Gasteiger partial charge in [0.05, 0.1) is 37.8 Å². The number of ether oxygens (including phenoxy) is 3. The van der Waals surface area contributed by atoms with Gasteiger partial charge in [-0.05, 0) is 11.8 Å². The lowest BCUT2D eigenvalue weighted by atomic mass is 9.94. The summed E-state index contributed by atoms with van der Waals surface area (Å²) in [5.41, 5.74) is 0. The molecule has 10 atom stereocenters. The Balaban J connectivity index is 2.71. The molecule has 34 heavy (non-hydrogen) atoms. The van der Waals surface area contributed by atoms with Gasteiger partial charge in [-0.3, -0.25) is 9.59 Å². The molecule has 1 saturated heterocycles.